The predicted molar refractivity (Wildman–Crippen MR) is 104 cm³/mol. The number of nitrogens with zero attached hydrogens (tertiary/aromatic N) is 2. The van der Waals surface area contributed by atoms with Gasteiger partial charge in [-0.25, -0.2) is 12.8 Å². The molecule has 1 aromatic carbocycles. The number of thiophene rings is 1. The average Bonchev–Trinajstić information content (AvgIpc) is 3.33. The first-order chi connectivity index (χ1) is 13.7. The normalized spacial score (nSPS) is 11.6. The van der Waals surface area contributed by atoms with E-state index in [-0.39, 0.29) is 27.0 Å². The number of hydrogen-bond acceptors (Lipinski definition) is 6. The van der Waals surface area contributed by atoms with Gasteiger partial charge in [0.05, 0.1) is 5.56 Å². The molecule has 0 atom stereocenters. The van der Waals surface area contributed by atoms with E-state index in [1.807, 2.05) is 0 Å². The number of nitrogens with one attached hydrogen (secondary N) is 2. The molecule has 0 aliphatic rings. The van der Waals surface area contributed by atoms with E-state index in [0.717, 1.165) is 10.4 Å². The lowest BCUT2D eigenvalue weighted by Gasteiger charge is -2.16. The van der Waals surface area contributed by atoms with Gasteiger partial charge in [0.25, 0.3) is 21.8 Å². The Kier molecular flexibility index (Phi) is 5.77. The Morgan fingerprint density at radius 1 is 1.28 bits per heavy atom. The maximum absolute atomic E-state index is 13.0. The molecule has 9 nitrogen and oxygen atoms in total. The van der Waals surface area contributed by atoms with Gasteiger partial charge >= 0.3 is 0 Å². The zero-order chi connectivity index (χ0) is 21.2. The second-order valence-corrected chi connectivity index (χ2v) is 9.31. The van der Waals surface area contributed by atoms with Gasteiger partial charge in [-0.15, -0.1) is 11.3 Å². The standard InChI is InChI=1S/C17H16FN5O4S2/c1-23(9-10-2-4-11(18)5-3-10)29(26,27)14-8-12(15(19)24)17(28-14)21-16(25)13-6-7-20-22-13/h2-8H,9H2,1H3,(H2,19,24)(H,20,22)(H,21,25). The van der Waals surface area contributed by atoms with Crippen molar-refractivity contribution in [1.82, 2.24) is 14.5 Å². The number of hydrogen-bond donors (Lipinski definition) is 3. The number of carbonyl (C=O) groups excluding carboxylic acids is 2. The number of anilines is 1. The molecule has 2 heterocycles. The molecule has 4 N–H and O–H groups in total. The minimum absolute atomic E-state index is 0.00542. The van der Waals surface area contributed by atoms with Gasteiger partial charge in [-0.05, 0) is 29.8 Å². The summed E-state index contributed by atoms with van der Waals surface area (Å²) in [5, 5.41) is 8.59. The highest BCUT2D eigenvalue weighted by molar-refractivity contribution is 7.91. The van der Waals surface area contributed by atoms with Crippen LogP contribution in [0.3, 0.4) is 0 Å². The maximum atomic E-state index is 13.0. The fourth-order valence-electron chi connectivity index (χ4n) is 2.41. The first-order valence-electron chi connectivity index (χ1n) is 8.13. The van der Waals surface area contributed by atoms with E-state index in [9.17, 15) is 22.4 Å². The first kappa shape index (κ1) is 20.6. The second-order valence-electron chi connectivity index (χ2n) is 5.98. The highest BCUT2D eigenvalue weighted by Crippen LogP contribution is 2.33. The van der Waals surface area contributed by atoms with Crippen LogP contribution >= 0.6 is 11.3 Å². The van der Waals surface area contributed by atoms with Crippen LogP contribution in [0.5, 0.6) is 0 Å². The summed E-state index contributed by atoms with van der Waals surface area (Å²) >= 11 is 0.705. The molecule has 2 aromatic heterocycles. The van der Waals surface area contributed by atoms with Gasteiger partial charge in [0.1, 0.15) is 20.7 Å². The molecule has 0 fully saturated rings. The number of benzene rings is 1. The van der Waals surface area contributed by atoms with Crippen LogP contribution in [-0.4, -0.2) is 41.8 Å². The third-order valence-electron chi connectivity index (χ3n) is 3.93. The lowest BCUT2D eigenvalue weighted by atomic mass is 10.2. The maximum Gasteiger partial charge on any atom is 0.274 e. The lowest BCUT2D eigenvalue weighted by Crippen LogP contribution is -2.25. The number of aromatic nitrogens is 2. The summed E-state index contributed by atoms with van der Waals surface area (Å²) in [7, 11) is -2.64. The number of carbonyl (C=O) groups is 2. The predicted octanol–water partition coefficient (Wildman–Crippen LogP) is 1.78. The van der Waals surface area contributed by atoms with Crippen molar-refractivity contribution in [1.29, 1.82) is 0 Å². The quantitative estimate of drug-likeness (QED) is 0.517. The minimum Gasteiger partial charge on any atom is -0.366 e. The largest absolute Gasteiger partial charge is 0.366 e. The van der Waals surface area contributed by atoms with Crippen molar-refractivity contribution >= 4 is 38.2 Å². The van der Waals surface area contributed by atoms with Gasteiger partial charge < -0.3 is 11.1 Å². The van der Waals surface area contributed by atoms with Crippen molar-refractivity contribution in [2.75, 3.05) is 12.4 Å². The molecule has 0 aliphatic heterocycles. The van der Waals surface area contributed by atoms with Crippen LogP contribution in [0, 0.1) is 5.82 Å². The highest BCUT2D eigenvalue weighted by Gasteiger charge is 2.27. The summed E-state index contributed by atoms with van der Waals surface area (Å²) in [5.74, 6) is -1.92. The van der Waals surface area contributed by atoms with Crippen molar-refractivity contribution in [3.63, 3.8) is 0 Å². The Hall–Kier alpha value is -3.09. The number of H-pyrrole nitrogens is 1. The Bertz CT molecular complexity index is 1140. The molecule has 0 bridgehead atoms. The summed E-state index contributed by atoms with van der Waals surface area (Å²) in [5.41, 5.74) is 5.92. The number of nitrogens with two attached hydrogens (primary N) is 1. The molecule has 152 valence electrons. The third-order valence-corrected chi connectivity index (χ3v) is 7.23. The van der Waals surface area contributed by atoms with Crippen molar-refractivity contribution in [3.05, 3.63) is 65.2 Å². The van der Waals surface area contributed by atoms with Gasteiger partial charge in [0, 0.05) is 19.8 Å². The summed E-state index contributed by atoms with van der Waals surface area (Å²) < 4.78 is 39.7. The Labute approximate surface area is 169 Å². The van der Waals surface area contributed by atoms with Gasteiger partial charge in [0.15, 0.2) is 0 Å². The first-order valence-corrected chi connectivity index (χ1v) is 10.4. The number of rotatable bonds is 7. The SMILES string of the molecule is CN(Cc1ccc(F)cc1)S(=O)(=O)c1cc(C(N)=O)c(NC(=O)c2ccn[nH]2)s1. The van der Waals surface area contributed by atoms with E-state index in [2.05, 4.69) is 15.5 Å². The lowest BCUT2D eigenvalue weighted by molar-refractivity contribution is 0.100. The number of halogens is 1. The fourth-order valence-corrected chi connectivity index (χ4v) is 5.15. The van der Waals surface area contributed by atoms with E-state index in [1.165, 1.54) is 43.6 Å². The van der Waals surface area contributed by atoms with Gasteiger partial charge in [-0.2, -0.15) is 9.40 Å². The molecule has 0 spiro atoms. The van der Waals surface area contributed by atoms with Crippen LogP contribution in [0.1, 0.15) is 26.4 Å². The van der Waals surface area contributed by atoms with Crippen molar-refractivity contribution < 1.29 is 22.4 Å². The Balaban J connectivity index is 1.87. The summed E-state index contributed by atoms with van der Waals surface area (Å²) in [6.45, 7) is -0.0117. The molecular formula is C17H16FN5O4S2. The third kappa shape index (κ3) is 4.50. The van der Waals surface area contributed by atoms with Crippen molar-refractivity contribution in [3.8, 4) is 0 Å². The zero-order valence-electron chi connectivity index (χ0n) is 15.0. The molecule has 3 rings (SSSR count). The second kappa shape index (κ2) is 8.11. The van der Waals surface area contributed by atoms with Crippen molar-refractivity contribution in [2.45, 2.75) is 10.8 Å². The highest BCUT2D eigenvalue weighted by atomic mass is 32.2. The number of sulfonamides is 1. The Morgan fingerprint density at radius 2 is 1.97 bits per heavy atom. The van der Waals surface area contributed by atoms with Crippen LogP contribution in [0.4, 0.5) is 9.39 Å². The van der Waals surface area contributed by atoms with Crippen LogP contribution in [0.15, 0.2) is 46.8 Å². The van der Waals surface area contributed by atoms with Crippen LogP contribution in [0.2, 0.25) is 0 Å². The molecule has 0 saturated heterocycles. The van der Waals surface area contributed by atoms with E-state index < -0.39 is 27.7 Å². The number of primary amides is 1. The molecule has 0 aliphatic carbocycles. The summed E-state index contributed by atoms with van der Waals surface area (Å²) in [6.07, 6.45) is 1.37. The van der Waals surface area contributed by atoms with Crippen LogP contribution < -0.4 is 11.1 Å². The van der Waals surface area contributed by atoms with Gasteiger partial charge in [0.2, 0.25) is 0 Å². The minimum atomic E-state index is -3.99. The summed E-state index contributed by atoms with van der Waals surface area (Å²) in [6, 6.07) is 7.94. The molecule has 12 heteroatoms. The zero-order valence-corrected chi connectivity index (χ0v) is 16.7. The molecule has 0 saturated carbocycles. The molecule has 2 amide bonds. The monoisotopic (exact) mass is 437 g/mol. The molecule has 29 heavy (non-hydrogen) atoms. The Morgan fingerprint density at radius 3 is 2.55 bits per heavy atom. The average molecular weight is 437 g/mol. The van der Waals surface area contributed by atoms with E-state index in [0.29, 0.717) is 16.9 Å². The number of aromatic amines is 1. The van der Waals surface area contributed by atoms with E-state index >= 15 is 0 Å². The van der Waals surface area contributed by atoms with E-state index in [1.54, 1.807) is 0 Å². The molecule has 3 aromatic rings. The van der Waals surface area contributed by atoms with Crippen LogP contribution in [-0.2, 0) is 16.6 Å². The topological polar surface area (TPSA) is 138 Å². The fraction of sp³-hybridized carbons (Fsp3) is 0.118. The smallest absolute Gasteiger partial charge is 0.274 e. The molecule has 0 radical (unpaired) electrons. The van der Waals surface area contributed by atoms with E-state index in [4.69, 9.17) is 5.73 Å². The van der Waals surface area contributed by atoms with Crippen LogP contribution in [0.25, 0.3) is 0 Å². The molecule has 0 unspecified atom stereocenters. The molecular weight excluding hydrogens is 421 g/mol. The summed E-state index contributed by atoms with van der Waals surface area (Å²) in [4.78, 5) is 23.9. The van der Waals surface area contributed by atoms with Crippen molar-refractivity contribution in [2.24, 2.45) is 5.73 Å². The van der Waals surface area contributed by atoms with Gasteiger partial charge in [-0.3, -0.25) is 14.7 Å². The number of amides is 2. The van der Waals surface area contributed by atoms with Gasteiger partial charge in [-0.1, -0.05) is 12.1 Å².